The maximum Gasteiger partial charge on any atom is 0.160 e. The first kappa shape index (κ1) is 19.3. The minimum atomic E-state index is -0.666. The monoisotopic (exact) mass is 374 g/mol. The summed E-state index contributed by atoms with van der Waals surface area (Å²) in [7, 11) is 3.01. The lowest BCUT2D eigenvalue weighted by Gasteiger charge is -2.33. The highest BCUT2D eigenvalue weighted by atomic mass is 16.5. The fraction of sp³-hybridized carbons (Fsp3) is 0.429. The number of ether oxygens (including phenoxy) is 3. The minimum Gasteiger partial charge on any atom is -0.504 e. The number of hydrogen-bond donors (Lipinski definition) is 3. The maximum atomic E-state index is 10.7. The van der Waals surface area contributed by atoms with E-state index in [0.29, 0.717) is 17.9 Å². The van der Waals surface area contributed by atoms with Crippen LogP contribution in [0.25, 0.3) is 0 Å². The van der Waals surface area contributed by atoms with E-state index < -0.39 is 6.10 Å². The zero-order chi connectivity index (χ0) is 19.4. The summed E-state index contributed by atoms with van der Waals surface area (Å²) in [4.78, 5) is 0. The lowest BCUT2D eigenvalue weighted by atomic mass is 9.93. The third kappa shape index (κ3) is 4.46. The largest absolute Gasteiger partial charge is 0.504 e. The highest BCUT2D eigenvalue weighted by Gasteiger charge is 2.29. The molecule has 1 aliphatic heterocycles. The molecule has 3 atom stereocenters. The van der Waals surface area contributed by atoms with E-state index in [-0.39, 0.29) is 23.7 Å². The SMILES string of the molecule is COc1cc(CC(O)C2CCCC(c3ccc(O)c(OC)c3)O2)ccc1O. The summed E-state index contributed by atoms with van der Waals surface area (Å²) >= 11 is 0. The Morgan fingerprint density at radius 1 is 1.00 bits per heavy atom. The first-order valence-electron chi connectivity index (χ1n) is 9.08. The first-order chi connectivity index (χ1) is 13.0. The van der Waals surface area contributed by atoms with Crippen molar-refractivity contribution in [2.45, 2.75) is 44.0 Å². The quantitative estimate of drug-likeness (QED) is 0.719. The number of methoxy groups -OCH3 is 2. The molecule has 3 unspecified atom stereocenters. The van der Waals surface area contributed by atoms with Crippen LogP contribution < -0.4 is 9.47 Å². The number of phenolic OH excluding ortho intramolecular Hbond substituents is 2. The van der Waals surface area contributed by atoms with Gasteiger partial charge in [-0.3, -0.25) is 0 Å². The van der Waals surface area contributed by atoms with Crippen molar-refractivity contribution in [3.8, 4) is 23.0 Å². The third-order valence-corrected chi connectivity index (χ3v) is 4.99. The van der Waals surface area contributed by atoms with Gasteiger partial charge in [-0.1, -0.05) is 12.1 Å². The van der Waals surface area contributed by atoms with E-state index in [9.17, 15) is 15.3 Å². The fourth-order valence-electron chi connectivity index (χ4n) is 3.50. The van der Waals surface area contributed by atoms with Crippen LogP contribution in [0.4, 0.5) is 0 Å². The number of hydrogen-bond acceptors (Lipinski definition) is 6. The van der Waals surface area contributed by atoms with Crippen molar-refractivity contribution in [3.63, 3.8) is 0 Å². The van der Waals surface area contributed by atoms with E-state index in [0.717, 1.165) is 30.4 Å². The molecule has 27 heavy (non-hydrogen) atoms. The summed E-state index contributed by atoms with van der Waals surface area (Å²) in [5, 5.41) is 30.1. The third-order valence-electron chi connectivity index (χ3n) is 4.99. The highest BCUT2D eigenvalue weighted by molar-refractivity contribution is 5.43. The van der Waals surface area contributed by atoms with E-state index in [1.54, 1.807) is 30.3 Å². The molecule has 6 nitrogen and oxygen atoms in total. The van der Waals surface area contributed by atoms with E-state index in [4.69, 9.17) is 14.2 Å². The average molecular weight is 374 g/mol. The average Bonchev–Trinajstić information content (AvgIpc) is 2.69. The molecule has 1 aliphatic rings. The molecule has 2 aromatic rings. The van der Waals surface area contributed by atoms with Gasteiger partial charge < -0.3 is 29.5 Å². The van der Waals surface area contributed by atoms with Crippen LogP contribution in [-0.4, -0.2) is 41.7 Å². The van der Waals surface area contributed by atoms with Crippen molar-refractivity contribution in [3.05, 3.63) is 47.5 Å². The molecule has 0 amide bonds. The van der Waals surface area contributed by atoms with Crippen LogP contribution in [0.15, 0.2) is 36.4 Å². The number of phenols is 2. The van der Waals surface area contributed by atoms with Crippen molar-refractivity contribution in [1.82, 2.24) is 0 Å². The fourth-order valence-corrected chi connectivity index (χ4v) is 3.50. The van der Waals surface area contributed by atoms with Gasteiger partial charge in [0.25, 0.3) is 0 Å². The van der Waals surface area contributed by atoms with Gasteiger partial charge >= 0.3 is 0 Å². The predicted octanol–water partition coefficient (Wildman–Crippen LogP) is 3.33. The van der Waals surface area contributed by atoms with Gasteiger partial charge in [0.05, 0.1) is 32.5 Å². The van der Waals surface area contributed by atoms with Crippen LogP contribution in [0.1, 0.15) is 36.5 Å². The molecule has 0 aliphatic carbocycles. The van der Waals surface area contributed by atoms with Gasteiger partial charge in [0.15, 0.2) is 23.0 Å². The molecule has 0 spiro atoms. The first-order valence-corrected chi connectivity index (χ1v) is 9.08. The van der Waals surface area contributed by atoms with E-state index in [1.807, 2.05) is 6.07 Å². The van der Waals surface area contributed by atoms with Crippen molar-refractivity contribution < 1.29 is 29.5 Å². The number of rotatable bonds is 6. The van der Waals surface area contributed by atoms with Crippen molar-refractivity contribution in [2.75, 3.05) is 14.2 Å². The maximum absolute atomic E-state index is 10.7. The topological polar surface area (TPSA) is 88.4 Å². The van der Waals surface area contributed by atoms with Crippen LogP contribution in [0, 0.1) is 0 Å². The summed E-state index contributed by atoms with van der Waals surface area (Å²) in [6, 6.07) is 10.3. The minimum absolute atomic E-state index is 0.0750. The molecule has 6 heteroatoms. The Hall–Kier alpha value is -2.44. The van der Waals surface area contributed by atoms with Crippen molar-refractivity contribution >= 4 is 0 Å². The standard InChI is InChI=1S/C21H26O6/c1-25-20-11-13(6-8-15(20)22)10-17(24)19-5-3-4-18(27-19)14-7-9-16(23)21(12-14)26-2/h6-9,11-12,17-19,22-24H,3-5,10H2,1-2H3. The Morgan fingerprint density at radius 2 is 1.67 bits per heavy atom. The molecule has 0 saturated carbocycles. The zero-order valence-corrected chi connectivity index (χ0v) is 15.6. The molecular formula is C21H26O6. The normalized spacial score (nSPS) is 20.9. The zero-order valence-electron chi connectivity index (χ0n) is 15.6. The number of aliphatic hydroxyl groups is 1. The summed E-state index contributed by atoms with van der Waals surface area (Å²) in [5.41, 5.74) is 1.79. The molecule has 1 saturated heterocycles. The molecule has 3 rings (SSSR count). The molecular weight excluding hydrogens is 348 g/mol. The second-order valence-corrected chi connectivity index (χ2v) is 6.80. The van der Waals surface area contributed by atoms with Crippen LogP contribution in [0.5, 0.6) is 23.0 Å². The van der Waals surface area contributed by atoms with Crippen LogP contribution in [0.2, 0.25) is 0 Å². The molecule has 0 bridgehead atoms. The summed E-state index contributed by atoms with van der Waals surface area (Å²) in [6.45, 7) is 0. The van der Waals surface area contributed by atoms with Gasteiger partial charge in [-0.05, 0) is 54.7 Å². The van der Waals surface area contributed by atoms with Gasteiger partial charge in [-0.15, -0.1) is 0 Å². The van der Waals surface area contributed by atoms with Crippen LogP contribution in [0.3, 0.4) is 0 Å². The summed E-state index contributed by atoms with van der Waals surface area (Å²) < 4.78 is 16.5. The molecule has 2 aromatic carbocycles. The van der Waals surface area contributed by atoms with Gasteiger partial charge in [0.2, 0.25) is 0 Å². The van der Waals surface area contributed by atoms with E-state index >= 15 is 0 Å². The van der Waals surface area contributed by atoms with Gasteiger partial charge in [0, 0.05) is 6.42 Å². The Morgan fingerprint density at radius 3 is 2.37 bits per heavy atom. The number of benzene rings is 2. The van der Waals surface area contributed by atoms with Gasteiger partial charge in [0.1, 0.15) is 0 Å². The van der Waals surface area contributed by atoms with E-state index in [1.165, 1.54) is 14.2 Å². The lowest BCUT2D eigenvalue weighted by Crippen LogP contribution is -2.35. The number of aliphatic hydroxyl groups excluding tert-OH is 1. The molecule has 0 radical (unpaired) electrons. The second kappa shape index (κ2) is 8.50. The second-order valence-electron chi connectivity index (χ2n) is 6.80. The summed E-state index contributed by atoms with van der Waals surface area (Å²) in [5.74, 6) is 0.967. The van der Waals surface area contributed by atoms with Crippen molar-refractivity contribution in [1.29, 1.82) is 0 Å². The smallest absolute Gasteiger partial charge is 0.160 e. The van der Waals surface area contributed by atoms with Crippen LogP contribution in [-0.2, 0) is 11.2 Å². The Kier molecular flexibility index (Phi) is 6.08. The number of aromatic hydroxyl groups is 2. The lowest BCUT2D eigenvalue weighted by molar-refractivity contribution is -0.107. The Bertz CT molecular complexity index is 775. The summed E-state index contributed by atoms with van der Waals surface area (Å²) in [6.07, 6.45) is 1.87. The predicted molar refractivity (Wildman–Crippen MR) is 100 cm³/mol. The molecule has 0 aromatic heterocycles. The Labute approximate surface area is 158 Å². The van der Waals surface area contributed by atoms with E-state index in [2.05, 4.69) is 0 Å². The van der Waals surface area contributed by atoms with Crippen molar-refractivity contribution in [2.24, 2.45) is 0 Å². The van der Waals surface area contributed by atoms with Gasteiger partial charge in [-0.2, -0.15) is 0 Å². The Balaban J connectivity index is 1.68. The molecule has 1 heterocycles. The molecule has 3 N–H and O–H groups in total. The van der Waals surface area contributed by atoms with Crippen LogP contribution >= 0.6 is 0 Å². The molecule has 1 fully saturated rings. The highest BCUT2D eigenvalue weighted by Crippen LogP contribution is 2.37. The van der Waals surface area contributed by atoms with Gasteiger partial charge in [-0.25, -0.2) is 0 Å². The molecule has 146 valence electrons.